The Kier molecular flexibility index (Phi) is 6.58. The highest BCUT2D eigenvalue weighted by molar-refractivity contribution is 6.22. The fourth-order valence-electron chi connectivity index (χ4n) is 7.52. The number of rotatable bonds is 4. The van der Waals surface area contributed by atoms with Gasteiger partial charge < -0.3 is 4.57 Å². The lowest BCUT2D eigenvalue weighted by molar-refractivity contribution is 1.18. The van der Waals surface area contributed by atoms with Gasteiger partial charge in [-0.25, -0.2) is 0 Å². The maximum atomic E-state index is 10.0. The van der Waals surface area contributed by atoms with Gasteiger partial charge in [-0.1, -0.05) is 115 Å². The summed E-state index contributed by atoms with van der Waals surface area (Å²) in [5.41, 5.74) is 11.1. The molecule has 3 heteroatoms. The summed E-state index contributed by atoms with van der Waals surface area (Å²) in [6.07, 6.45) is 0. The Balaban J connectivity index is 1.27. The van der Waals surface area contributed by atoms with Gasteiger partial charge in [0.1, 0.15) is 0 Å². The van der Waals surface area contributed by atoms with Crippen LogP contribution in [0.15, 0.2) is 164 Å². The van der Waals surface area contributed by atoms with Crippen molar-refractivity contribution in [1.82, 2.24) is 4.57 Å². The number of nitriles is 2. The standard InChI is InChI=1S/C46H27N3/c47-28-30-18-24-40(46-38-15-6-4-13-36(38)45(33-10-2-1-3-11-33)37-14-5-7-16-39(37)46)41(26-30)32-20-22-34(23-21-32)49-43-17-9-8-12-35(43)42-27-31(29-48)19-25-44(42)49/h1-27H. The molecule has 0 fully saturated rings. The molecule has 1 aromatic heterocycles. The molecule has 0 aliphatic rings. The summed E-state index contributed by atoms with van der Waals surface area (Å²) in [4.78, 5) is 0. The van der Waals surface area contributed by atoms with E-state index in [1.807, 2.05) is 36.4 Å². The fourth-order valence-corrected chi connectivity index (χ4v) is 7.52. The van der Waals surface area contributed by atoms with Gasteiger partial charge in [0.2, 0.25) is 0 Å². The summed E-state index contributed by atoms with van der Waals surface area (Å²) in [6.45, 7) is 0. The molecule has 0 amide bonds. The van der Waals surface area contributed by atoms with E-state index in [0.717, 1.165) is 49.7 Å². The van der Waals surface area contributed by atoms with Crippen LogP contribution in [0.2, 0.25) is 0 Å². The third kappa shape index (κ3) is 4.49. The molecule has 226 valence electrons. The van der Waals surface area contributed by atoms with Crippen molar-refractivity contribution in [2.45, 2.75) is 0 Å². The second-order valence-corrected chi connectivity index (χ2v) is 12.3. The quantitative estimate of drug-likeness (QED) is 0.184. The largest absolute Gasteiger partial charge is 0.309 e. The summed E-state index contributed by atoms with van der Waals surface area (Å²) < 4.78 is 2.26. The van der Waals surface area contributed by atoms with Gasteiger partial charge in [0, 0.05) is 16.5 Å². The van der Waals surface area contributed by atoms with Crippen LogP contribution < -0.4 is 0 Å². The highest BCUT2D eigenvalue weighted by atomic mass is 15.0. The molecule has 0 radical (unpaired) electrons. The first-order valence-corrected chi connectivity index (χ1v) is 16.3. The Bertz CT molecular complexity index is 2770. The summed E-state index contributed by atoms with van der Waals surface area (Å²) in [7, 11) is 0. The summed E-state index contributed by atoms with van der Waals surface area (Å²) in [5.74, 6) is 0. The first-order chi connectivity index (χ1) is 24.2. The lowest BCUT2D eigenvalue weighted by Gasteiger charge is -2.20. The van der Waals surface area contributed by atoms with Crippen LogP contribution in [0, 0.1) is 22.7 Å². The molecular formula is C46H27N3. The predicted octanol–water partition coefficient (Wildman–Crippen LogP) is 11.8. The number of benzene rings is 8. The van der Waals surface area contributed by atoms with Crippen LogP contribution in [0.1, 0.15) is 11.1 Å². The molecule has 3 nitrogen and oxygen atoms in total. The minimum atomic E-state index is 0.619. The molecule has 0 unspecified atom stereocenters. The van der Waals surface area contributed by atoms with E-state index in [9.17, 15) is 10.5 Å². The number of hydrogen-bond donors (Lipinski definition) is 0. The molecule has 8 aromatic carbocycles. The van der Waals surface area contributed by atoms with Gasteiger partial charge >= 0.3 is 0 Å². The lowest BCUT2D eigenvalue weighted by Crippen LogP contribution is -1.95. The first-order valence-electron chi connectivity index (χ1n) is 16.3. The van der Waals surface area contributed by atoms with E-state index in [0.29, 0.717) is 11.1 Å². The van der Waals surface area contributed by atoms with Crippen molar-refractivity contribution in [2.24, 2.45) is 0 Å². The summed E-state index contributed by atoms with van der Waals surface area (Å²) in [6, 6.07) is 61.5. The van der Waals surface area contributed by atoms with E-state index in [1.54, 1.807) is 0 Å². The molecule has 0 bridgehead atoms. The molecular weight excluding hydrogens is 595 g/mol. The molecule has 0 atom stereocenters. The third-order valence-electron chi connectivity index (χ3n) is 9.65. The Morgan fingerprint density at radius 2 is 0.898 bits per heavy atom. The van der Waals surface area contributed by atoms with E-state index < -0.39 is 0 Å². The molecule has 0 saturated heterocycles. The van der Waals surface area contributed by atoms with E-state index in [1.165, 1.54) is 32.7 Å². The second-order valence-electron chi connectivity index (χ2n) is 12.3. The Morgan fingerprint density at radius 1 is 0.367 bits per heavy atom. The average molecular weight is 622 g/mol. The number of hydrogen-bond acceptors (Lipinski definition) is 2. The topological polar surface area (TPSA) is 52.5 Å². The lowest BCUT2D eigenvalue weighted by atomic mass is 9.83. The van der Waals surface area contributed by atoms with Crippen LogP contribution in [0.3, 0.4) is 0 Å². The molecule has 0 aliphatic carbocycles. The fraction of sp³-hybridized carbons (Fsp3) is 0. The Labute approximate surface area is 283 Å². The molecule has 0 saturated carbocycles. The van der Waals surface area contributed by atoms with E-state index in [-0.39, 0.29) is 0 Å². The SMILES string of the molecule is N#Cc1ccc(-c2c3ccccc3c(-c3ccccc3)c3ccccc23)c(-c2ccc(-n3c4ccccc4c4cc(C#N)ccc43)cc2)c1. The van der Waals surface area contributed by atoms with E-state index in [2.05, 4.69) is 144 Å². The van der Waals surface area contributed by atoms with Gasteiger partial charge in [-0.15, -0.1) is 0 Å². The second kappa shape index (κ2) is 11.4. The zero-order valence-corrected chi connectivity index (χ0v) is 26.4. The number of para-hydroxylation sites is 1. The van der Waals surface area contributed by atoms with E-state index >= 15 is 0 Å². The van der Waals surface area contributed by atoms with Gasteiger partial charge in [0.15, 0.2) is 0 Å². The maximum Gasteiger partial charge on any atom is 0.0991 e. The maximum absolute atomic E-state index is 10.0. The molecule has 49 heavy (non-hydrogen) atoms. The summed E-state index contributed by atoms with van der Waals surface area (Å²) in [5, 5.41) is 26.5. The molecule has 9 aromatic rings. The minimum absolute atomic E-state index is 0.619. The van der Waals surface area contributed by atoms with Gasteiger partial charge in [-0.05, 0) is 103 Å². The molecule has 9 rings (SSSR count). The normalized spacial score (nSPS) is 11.2. The minimum Gasteiger partial charge on any atom is -0.309 e. The highest BCUT2D eigenvalue weighted by Crippen LogP contribution is 2.46. The van der Waals surface area contributed by atoms with Gasteiger partial charge in [0.25, 0.3) is 0 Å². The highest BCUT2D eigenvalue weighted by Gasteiger charge is 2.20. The zero-order chi connectivity index (χ0) is 32.9. The molecule has 1 heterocycles. The first kappa shape index (κ1) is 28.3. The molecule has 0 aliphatic heterocycles. The van der Waals surface area contributed by atoms with Crippen molar-refractivity contribution in [3.63, 3.8) is 0 Å². The Hall–Kier alpha value is -6.94. The van der Waals surface area contributed by atoms with Crippen molar-refractivity contribution < 1.29 is 0 Å². The van der Waals surface area contributed by atoms with Gasteiger partial charge in [-0.3, -0.25) is 0 Å². The van der Waals surface area contributed by atoms with Crippen LogP contribution >= 0.6 is 0 Å². The number of nitrogens with zero attached hydrogens (tertiary/aromatic N) is 3. The van der Waals surface area contributed by atoms with Crippen LogP contribution in [0.5, 0.6) is 0 Å². The zero-order valence-electron chi connectivity index (χ0n) is 26.4. The molecule has 0 N–H and O–H groups in total. The van der Waals surface area contributed by atoms with Gasteiger partial charge in [-0.2, -0.15) is 10.5 Å². The average Bonchev–Trinajstić information content (AvgIpc) is 3.50. The van der Waals surface area contributed by atoms with Crippen molar-refractivity contribution in [3.05, 3.63) is 175 Å². The monoisotopic (exact) mass is 621 g/mol. The van der Waals surface area contributed by atoms with Gasteiger partial charge in [0.05, 0.1) is 34.3 Å². The third-order valence-corrected chi connectivity index (χ3v) is 9.65. The van der Waals surface area contributed by atoms with Crippen LogP contribution in [-0.4, -0.2) is 4.57 Å². The van der Waals surface area contributed by atoms with E-state index in [4.69, 9.17) is 0 Å². The Morgan fingerprint density at radius 3 is 1.55 bits per heavy atom. The van der Waals surface area contributed by atoms with Crippen LogP contribution in [0.25, 0.3) is 82.4 Å². The number of aromatic nitrogens is 1. The van der Waals surface area contributed by atoms with Crippen molar-refractivity contribution in [2.75, 3.05) is 0 Å². The predicted molar refractivity (Wildman–Crippen MR) is 202 cm³/mol. The van der Waals surface area contributed by atoms with Crippen molar-refractivity contribution >= 4 is 43.4 Å². The number of fused-ring (bicyclic) bond motifs is 5. The van der Waals surface area contributed by atoms with Crippen LogP contribution in [-0.2, 0) is 0 Å². The molecule has 0 spiro atoms. The summed E-state index contributed by atoms with van der Waals surface area (Å²) >= 11 is 0. The van der Waals surface area contributed by atoms with Crippen LogP contribution in [0.4, 0.5) is 0 Å². The van der Waals surface area contributed by atoms with Crippen molar-refractivity contribution in [3.8, 4) is 51.2 Å². The smallest absolute Gasteiger partial charge is 0.0991 e. The van der Waals surface area contributed by atoms with Crippen molar-refractivity contribution in [1.29, 1.82) is 10.5 Å².